The number of aryl methyl sites for hydroxylation is 3. The SMILES string of the molecule is Cc1cc(NC(=O)C(C)OC(=O)Cc2ccc(OCc3c(C)noc3C)cc2)no1. The van der Waals surface area contributed by atoms with Gasteiger partial charge in [-0.1, -0.05) is 22.4 Å². The van der Waals surface area contributed by atoms with Crippen molar-refractivity contribution in [2.75, 3.05) is 5.32 Å². The molecule has 0 spiro atoms. The van der Waals surface area contributed by atoms with Gasteiger partial charge in [-0.2, -0.15) is 0 Å². The van der Waals surface area contributed by atoms with Crippen molar-refractivity contribution < 1.29 is 28.1 Å². The summed E-state index contributed by atoms with van der Waals surface area (Å²) in [7, 11) is 0. The highest BCUT2D eigenvalue weighted by molar-refractivity contribution is 5.94. The predicted octanol–water partition coefficient (Wildman–Crippen LogP) is 3.28. The summed E-state index contributed by atoms with van der Waals surface area (Å²) in [5, 5.41) is 10.1. The lowest BCUT2D eigenvalue weighted by atomic mass is 10.1. The van der Waals surface area contributed by atoms with Crippen molar-refractivity contribution in [3.8, 4) is 5.75 Å². The minimum atomic E-state index is -0.966. The van der Waals surface area contributed by atoms with Gasteiger partial charge in [0.1, 0.15) is 23.9 Å². The molecule has 0 radical (unpaired) electrons. The molecule has 9 heteroatoms. The van der Waals surface area contributed by atoms with Crippen molar-refractivity contribution >= 4 is 17.7 Å². The van der Waals surface area contributed by atoms with Gasteiger partial charge < -0.3 is 23.8 Å². The number of carbonyl (C=O) groups excluding carboxylic acids is 2. The van der Waals surface area contributed by atoms with Gasteiger partial charge in [0.2, 0.25) is 0 Å². The van der Waals surface area contributed by atoms with Gasteiger partial charge in [-0.3, -0.25) is 9.59 Å². The summed E-state index contributed by atoms with van der Waals surface area (Å²) < 4.78 is 20.9. The number of hydrogen-bond acceptors (Lipinski definition) is 8. The van der Waals surface area contributed by atoms with Gasteiger partial charge in [-0.05, 0) is 45.4 Å². The first kappa shape index (κ1) is 21.1. The molecule has 0 aliphatic rings. The van der Waals surface area contributed by atoms with E-state index in [1.54, 1.807) is 37.3 Å². The molecule has 1 amide bonds. The second-order valence-electron chi connectivity index (χ2n) is 6.86. The molecular weight excluding hydrogens is 390 g/mol. The Kier molecular flexibility index (Phi) is 6.51. The fourth-order valence-electron chi connectivity index (χ4n) is 2.68. The Labute approximate surface area is 173 Å². The number of benzene rings is 1. The van der Waals surface area contributed by atoms with E-state index in [1.807, 2.05) is 13.8 Å². The summed E-state index contributed by atoms with van der Waals surface area (Å²) in [6.45, 7) is 7.24. The van der Waals surface area contributed by atoms with Crippen molar-refractivity contribution in [1.29, 1.82) is 0 Å². The molecule has 9 nitrogen and oxygen atoms in total. The van der Waals surface area contributed by atoms with E-state index in [2.05, 4.69) is 15.6 Å². The lowest BCUT2D eigenvalue weighted by Gasteiger charge is -2.12. The lowest BCUT2D eigenvalue weighted by Crippen LogP contribution is -2.30. The van der Waals surface area contributed by atoms with E-state index in [1.165, 1.54) is 6.92 Å². The van der Waals surface area contributed by atoms with Crippen LogP contribution >= 0.6 is 0 Å². The van der Waals surface area contributed by atoms with Gasteiger partial charge in [0.05, 0.1) is 17.7 Å². The quantitative estimate of drug-likeness (QED) is 0.559. The van der Waals surface area contributed by atoms with Gasteiger partial charge in [0, 0.05) is 6.07 Å². The van der Waals surface area contributed by atoms with E-state index in [0.29, 0.717) is 18.1 Å². The summed E-state index contributed by atoms with van der Waals surface area (Å²) in [5.41, 5.74) is 2.45. The number of rotatable bonds is 8. The molecular formula is C21H23N3O6. The Bertz CT molecular complexity index is 1000. The topological polar surface area (TPSA) is 117 Å². The number of aromatic nitrogens is 2. The first-order chi connectivity index (χ1) is 14.3. The van der Waals surface area contributed by atoms with Crippen LogP contribution < -0.4 is 10.1 Å². The van der Waals surface area contributed by atoms with Gasteiger partial charge >= 0.3 is 5.97 Å². The summed E-state index contributed by atoms with van der Waals surface area (Å²) in [5.74, 6) is 1.21. The molecule has 30 heavy (non-hydrogen) atoms. The average molecular weight is 413 g/mol. The number of esters is 1. The Morgan fingerprint density at radius 2 is 1.83 bits per heavy atom. The number of nitrogens with zero attached hydrogens (tertiary/aromatic N) is 2. The van der Waals surface area contributed by atoms with Crippen LogP contribution in [-0.4, -0.2) is 28.3 Å². The molecule has 0 saturated carbocycles. The van der Waals surface area contributed by atoms with Crippen molar-refractivity contribution in [1.82, 2.24) is 10.3 Å². The smallest absolute Gasteiger partial charge is 0.311 e. The first-order valence-corrected chi connectivity index (χ1v) is 9.39. The first-order valence-electron chi connectivity index (χ1n) is 9.39. The zero-order chi connectivity index (χ0) is 21.7. The number of hydrogen-bond donors (Lipinski definition) is 1. The highest BCUT2D eigenvalue weighted by Gasteiger charge is 2.19. The maximum atomic E-state index is 12.1. The maximum Gasteiger partial charge on any atom is 0.311 e. The van der Waals surface area contributed by atoms with Crippen LogP contribution in [0.1, 0.15) is 35.3 Å². The van der Waals surface area contributed by atoms with Crippen LogP contribution in [0.2, 0.25) is 0 Å². The predicted molar refractivity (Wildman–Crippen MR) is 106 cm³/mol. The van der Waals surface area contributed by atoms with Crippen LogP contribution in [0.5, 0.6) is 5.75 Å². The molecule has 1 aromatic carbocycles. The van der Waals surface area contributed by atoms with Crippen molar-refractivity contribution in [3.63, 3.8) is 0 Å². The fraction of sp³-hybridized carbons (Fsp3) is 0.333. The lowest BCUT2D eigenvalue weighted by molar-refractivity contribution is -0.152. The zero-order valence-corrected chi connectivity index (χ0v) is 17.2. The van der Waals surface area contributed by atoms with Crippen LogP contribution in [0, 0.1) is 20.8 Å². The number of carbonyl (C=O) groups is 2. The molecule has 2 aromatic heterocycles. The molecule has 0 aliphatic carbocycles. The van der Waals surface area contributed by atoms with Crippen LogP contribution in [-0.2, 0) is 27.4 Å². The molecule has 0 fully saturated rings. The number of ether oxygens (including phenoxy) is 2. The zero-order valence-electron chi connectivity index (χ0n) is 17.2. The van der Waals surface area contributed by atoms with Gasteiger partial charge in [-0.25, -0.2) is 0 Å². The minimum Gasteiger partial charge on any atom is -0.489 e. The van der Waals surface area contributed by atoms with E-state index in [9.17, 15) is 9.59 Å². The van der Waals surface area contributed by atoms with Gasteiger partial charge in [0.25, 0.3) is 5.91 Å². The number of amides is 1. The molecule has 3 rings (SSSR count). The Morgan fingerprint density at radius 3 is 2.43 bits per heavy atom. The second-order valence-corrected chi connectivity index (χ2v) is 6.86. The van der Waals surface area contributed by atoms with E-state index in [4.69, 9.17) is 18.5 Å². The average Bonchev–Trinajstić information content (AvgIpc) is 3.25. The standard InChI is InChI=1S/C21H23N3O6/c1-12-9-19(24-29-12)22-21(26)15(4)28-20(25)10-16-5-7-17(8-6-16)27-11-18-13(2)23-30-14(18)3/h5-9,15H,10-11H2,1-4H3,(H,22,24,26). The molecule has 2 heterocycles. The van der Waals surface area contributed by atoms with E-state index >= 15 is 0 Å². The number of nitrogens with one attached hydrogen (secondary N) is 1. The third-order valence-corrected chi connectivity index (χ3v) is 4.39. The molecule has 158 valence electrons. The van der Waals surface area contributed by atoms with Crippen molar-refractivity contribution in [2.45, 2.75) is 46.8 Å². The summed E-state index contributed by atoms with van der Waals surface area (Å²) in [4.78, 5) is 24.2. The van der Waals surface area contributed by atoms with Crippen molar-refractivity contribution in [2.24, 2.45) is 0 Å². The second kappa shape index (κ2) is 9.25. The summed E-state index contributed by atoms with van der Waals surface area (Å²) in [6, 6.07) is 8.65. The Hall–Kier alpha value is -3.62. The highest BCUT2D eigenvalue weighted by atomic mass is 16.5. The van der Waals surface area contributed by atoms with Crippen LogP contribution in [0.3, 0.4) is 0 Å². The van der Waals surface area contributed by atoms with Crippen LogP contribution in [0.4, 0.5) is 5.82 Å². The van der Waals surface area contributed by atoms with E-state index in [0.717, 1.165) is 22.6 Å². The summed E-state index contributed by atoms with van der Waals surface area (Å²) >= 11 is 0. The fourth-order valence-corrected chi connectivity index (χ4v) is 2.68. The number of anilines is 1. The largest absolute Gasteiger partial charge is 0.489 e. The molecule has 0 aliphatic heterocycles. The summed E-state index contributed by atoms with van der Waals surface area (Å²) in [6.07, 6.45) is -0.933. The van der Waals surface area contributed by atoms with Gasteiger partial charge in [0.15, 0.2) is 11.9 Å². The Balaban J connectivity index is 1.47. The van der Waals surface area contributed by atoms with E-state index < -0.39 is 18.0 Å². The van der Waals surface area contributed by atoms with Gasteiger partial charge in [-0.15, -0.1) is 0 Å². The Morgan fingerprint density at radius 1 is 1.10 bits per heavy atom. The molecule has 3 aromatic rings. The van der Waals surface area contributed by atoms with Crippen LogP contribution in [0.15, 0.2) is 39.4 Å². The maximum absolute atomic E-state index is 12.1. The normalized spacial score (nSPS) is 11.7. The van der Waals surface area contributed by atoms with Crippen LogP contribution in [0.25, 0.3) is 0 Å². The molecule has 1 unspecified atom stereocenters. The molecule has 0 saturated heterocycles. The van der Waals surface area contributed by atoms with Crippen molar-refractivity contribution in [3.05, 3.63) is 58.7 Å². The highest BCUT2D eigenvalue weighted by Crippen LogP contribution is 2.18. The molecule has 1 N–H and O–H groups in total. The molecule has 1 atom stereocenters. The molecule has 0 bridgehead atoms. The monoisotopic (exact) mass is 413 g/mol. The third kappa shape index (κ3) is 5.47. The van der Waals surface area contributed by atoms with E-state index in [-0.39, 0.29) is 12.2 Å². The minimum absolute atomic E-state index is 0.0326. The third-order valence-electron chi connectivity index (χ3n) is 4.39.